The number of esters is 1. The van der Waals surface area contributed by atoms with Crippen molar-refractivity contribution in [3.63, 3.8) is 0 Å². The zero-order valence-electron chi connectivity index (χ0n) is 8.39. The van der Waals surface area contributed by atoms with Gasteiger partial charge in [-0.3, -0.25) is 4.79 Å². The van der Waals surface area contributed by atoms with Crippen molar-refractivity contribution in [2.75, 3.05) is 6.61 Å². The van der Waals surface area contributed by atoms with Crippen LogP contribution >= 0.6 is 0 Å². The molecule has 0 saturated carbocycles. The minimum Gasteiger partial charge on any atom is -0.463 e. The molecule has 6 heteroatoms. The van der Waals surface area contributed by atoms with Gasteiger partial charge in [-0.15, -0.1) is 10.1 Å². The highest BCUT2D eigenvalue weighted by molar-refractivity contribution is 5.69. The van der Waals surface area contributed by atoms with Crippen molar-refractivity contribution in [1.29, 1.82) is 0 Å². The minimum absolute atomic E-state index is 0.0297. The Morgan fingerprint density at radius 1 is 1.43 bits per heavy atom. The molecule has 0 spiro atoms. The molecule has 6 nitrogen and oxygen atoms in total. The van der Waals surface area contributed by atoms with Gasteiger partial charge in [0.15, 0.2) is 0 Å². The van der Waals surface area contributed by atoms with E-state index in [2.05, 4.69) is 4.84 Å². The van der Waals surface area contributed by atoms with Gasteiger partial charge in [0, 0.05) is 6.42 Å². The molecular weight excluding hydrogens is 190 g/mol. The van der Waals surface area contributed by atoms with Gasteiger partial charge in [-0.1, -0.05) is 0 Å². The maximum atomic E-state index is 11.0. The van der Waals surface area contributed by atoms with Crippen molar-refractivity contribution in [2.24, 2.45) is 0 Å². The van der Waals surface area contributed by atoms with Crippen LogP contribution in [0.2, 0.25) is 0 Å². The van der Waals surface area contributed by atoms with Crippen LogP contribution in [0.15, 0.2) is 0 Å². The van der Waals surface area contributed by atoms with E-state index in [4.69, 9.17) is 4.74 Å². The van der Waals surface area contributed by atoms with Crippen LogP contribution in [-0.4, -0.2) is 23.8 Å². The van der Waals surface area contributed by atoms with Crippen LogP contribution in [0.1, 0.15) is 33.1 Å². The molecule has 0 aromatic carbocycles. The van der Waals surface area contributed by atoms with E-state index in [0.29, 0.717) is 12.8 Å². The van der Waals surface area contributed by atoms with E-state index in [9.17, 15) is 14.9 Å². The molecule has 0 atom stereocenters. The molecule has 0 aliphatic heterocycles. The Bertz CT molecular complexity index is 192. The summed E-state index contributed by atoms with van der Waals surface area (Å²) in [5, 5.41) is 8.89. The quantitative estimate of drug-likeness (QED) is 0.271. The molecule has 0 fully saturated rings. The van der Waals surface area contributed by atoms with Crippen LogP contribution in [0.4, 0.5) is 0 Å². The average molecular weight is 205 g/mol. The summed E-state index contributed by atoms with van der Waals surface area (Å²) in [6.45, 7) is 3.57. The lowest BCUT2D eigenvalue weighted by Gasteiger charge is -2.06. The molecular formula is C8H15NO5. The summed E-state index contributed by atoms with van der Waals surface area (Å²) in [5.41, 5.74) is 0. The van der Waals surface area contributed by atoms with Crippen molar-refractivity contribution in [3.8, 4) is 0 Å². The molecule has 0 aliphatic rings. The lowest BCUT2D eigenvalue weighted by atomic mass is 10.2. The van der Waals surface area contributed by atoms with Crippen molar-refractivity contribution < 1.29 is 19.5 Å². The van der Waals surface area contributed by atoms with Gasteiger partial charge in [0.05, 0.1) is 12.7 Å². The SMILES string of the molecule is CC(C)OC(=O)CCCCO[N+](=O)[O-]. The predicted octanol–water partition coefficient (Wildman–Crippen LogP) is 1.32. The topological polar surface area (TPSA) is 78.7 Å². The third-order valence-corrected chi connectivity index (χ3v) is 1.34. The third-order valence-electron chi connectivity index (χ3n) is 1.34. The van der Waals surface area contributed by atoms with Crippen LogP contribution in [0.3, 0.4) is 0 Å². The smallest absolute Gasteiger partial charge is 0.306 e. The van der Waals surface area contributed by atoms with Gasteiger partial charge in [0.1, 0.15) is 0 Å². The van der Waals surface area contributed by atoms with Crippen molar-refractivity contribution in [1.82, 2.24) is 0 Å². The maximum Gasteiger partial charge on any atom is 0.306 e. The predicted molar refractivity (Wildman–Crippen MR) is 48.0 cm³/mol. The summed E-state index contributed by atoms with van der Waals surface area (Å²) < 4.78 is 4.86. The zero-order valence-corrected chi connectivity index (χ0v) is 8.39. The van der Waals surface area contributed by atoms with E-state index in [1.165, 1.54) is 0 Å². The zero-order chi connectivity index (χ0) is 11.0. The lowest BCUT2D eigenvalue weighted by Crippen LogP contribution is -2.11. The second kappa shape index (κ2) is 7.11. The van der Waals surface area contributed by atoms with Crippen LogP contribution in [-0.2, 0) is 14.4 Å². The van der Waals surface area contributed by atoms with Crippen molar-refractivity contribution >= 4 is 5.97 Å². The Hall–Kier alpha value is -1.33. The highest BCUT2D eigenvalue weighted by Gasteiger charge is 2.04. The van der Waals surface area contributed by atoms with Crippen LogP contribution in [0.25, 0.3) is 0 Å². The summed E-state index contributed by atoms with van der Waals surface area (Å²) in [5.74, 6) is -0.277. The molecule has 0 aromatic rings. The van der Waals surface area contributed by atoms with Crippen LogP contribution in [0.5, 0.6) is 0 Å². The monoisotopic (exact) mass is 205 g/mol. The molecule has 0 saturated heterocycles. The average Bonchev–Trinajstić information content (AvgIpc) is 2.01. The highest BCUT2D eigenvalue weighted by atomic mass is 16.9. The summed E-state index contributed by atoms with van der Waals surface area (Å²) >= 11 is 0. The van der Waals surface area contributed by atoms with Gasteiger partial charge < -0.3 is 9.57 Å². The maximum absolute atomic E-state index is 11.0. The Kier molecular flexibility index (Phi) is 6.43. The fraction of sp³-hybridized carbons (Fsp3) is 0.875. The van der Waals surface area contributed by atoms with Crippen molar-refractivity contribution in [3.05, 3.63) is 10.1 Å². The van der Waals surface area contributed by atoms with Gasteiger partial charge in [-0.25, -0.2) is 0 Å². The van der Waals surface area contributed by atoms with E-state index in [1.54, 1.807) is 13.8 Å². The fourth-order valence-corrected chi connectivity index (χ4v) is 0.832. The van der Waals surface area contributed by atoms with E-state index < -0.39 is 5.09 Å². The molecule has 0 amide bonds. The molecule has 82 valence electrons. The standard InChI is InChI=1S/C8H15NO5/c1-7(2)14-8(10)5-3-4-6-13-9(11)12/h7H,3-6H2,1-2H3. The molecule has 0 rings (SSSR count). The largest absolute Gasteiger partial charge is 0.463 e. The normalized spacial score (nSPS) is 9.93. The van der Waals surface area contributed by atoms with E-state index in [1.807, 2.05) is 0 Å². The Morgan fingerprint density at radius 2 is 2.07 bits per heavy atom. The fourth-order valence-electron chi connectivity index (χ4n) is 0.832. The number of hydrogen-bond donors (Lipinski definition) is 0. The molecule has 0 aliphatic carbocycles. The number of carbonyl (C=O) groups excluding carboxylic acids is 1. The van der Waals surface area contributed by atoms with Gasteiger partial charge in [0.2, 0.25) is 0 Å². The molecule has 14 heavy (non-hydrogen) atoms. The van der Waals surface area contributed by atoms with Crippen LogP contribution in [0, 0.1) is 10.1 Å². The number of carbonyl (C=O) groups is 1. The minimum atomic E-state index is -0.841. The molecule has 0 unspecified atom stereocenters. The first-order valence-corrected chi connectivity index (χ1v) is 4.49. The van der Waals surface area contributed by atoms with Crippen molar-refractivity contribution in [2.45, 2.75) is 39.2 Å². The Balaban J connectivity index is 3.27. The van der Waals surface area contributed by atoms with Gasteiger partial charge in [0.25, 0.3) is 5.09 Å². The first-order valence-electron chi connectivity index (χ1n) is 4.49. The molecule has 0 bridgehead atoms. The first kappa shape index (κ1) is 12.7. The summed E-state index contributed by atoms with van der Waals surface area (Å²) in [6.07, 6.45) is 1.19. The highest BCUT2D eigenvalue weighted by Crippen LogP contribution is 2.00. The number of unbranched alkanes of at least 4 members (excludes halogenated alkanes) is 1. The third kappa shape index (κ3) is 8.76. The summed E-state index contributed by atoms with van der Waals surface area (Å²) in [4.78, 5) is 24.8. The first-order chi connectivity index (χ1) is 6.52. The number of rotatable bonds is 7. The molecule has 0 radical (unpaired) electrons. The summed E-state index contributed by atoms with van der Waals surface area (Å²) in [7, 11) is 0. The van der Waals surface area contributed by atoms with Gasteiger partial charge in [-0.05, 0) is 26.7 Å². The number of ether oxygens (including phenoxy) is 1. The van der Waals surface area contributed by atoms with E-state index in [-0.39, 0.29) is 25.1 Å². The van der Waals surface area contributed by atoms with Gasteiger partial charge >= 0.3 is 5.97 Å². The van der Waals surface area contributed by atoms with Crippen LogP contribution < -0.4 is 0 Å². The molecule has 0 N–H and O–H groups in total. The van der Waals surface area contributed by atoms with E-state index in [0.717, 1.165) is 0 Å². The second-order valence-electron chi connectivity index (χ2n) is 3.05. The number of nitrogens with zero attached hydrogens (tertiary/aromatic N) is 1. The molecule has 0 aromatic heterocycles. The molecule has 0 heterocycles. The Morgan fingerprint density at radius 3 is 2.57 bits per heavy atom. The Labute approximate surface area is 82.3 Å². The summed E-state index contributed by atoms with van der Waals surface area (Å²) in [6, 6.07) is 0. The van der Waals surface area contributed by atoms with Gasteiger partial charge in [-0.2, -0.15) is 0 Å². The van der Waals surface area contributed by atoms with E-state index >= 15 is 0 Å². The number of hydrogen-bond acceptors (Lipinski definition) is 5. The second-order valence-corrected chi connectivity index (χ2v) is 3.05. The lowest BCUT2D eigenvalue weighted by molar-refractivity contribution is -0.757.